The SMILES string of the molecule is CC/C=C\C/C=C\C/C=C\C/C=C\C/C=C\CCCCCCCCCCCC(=O)OCC(COC(=O)CCCCCC/C=C\C/C=C\C/C=C\C/C=C\CC)OC(=O)CCCCCCCCCCCCCCCCCCCCCCC. The van der Waals surface area contributed by atoms with Crippen molar-refractivity contribution in [2.75, 3.05) is 13.2 Å². The second-order valence-corrected chi connectivity index (χ2v) is 22.7. The first-order valence-electron chi connectivity index (χ1n) is 34.4. The Kier molecular flexibility index (Phi) is 65.2. The lowest BCUT2D eigenvalue weighted by atomic mass is 10.0. The minimum atomic E-state index is -0.793. The van der Waals surface area contributed by atoms with E-state index < -0.39 is 6.10 Å². The normalized spacial score (nSPS) is 12.8. The molecule has 1 unspecified atom stereocenters. The molecule has 0 saturated carbocycles. The zero-order valence-corrected chi connectivity index (χ0v) is 53.3. The van der Waals surface area contributed by atoms with E-state index >= 15 is 0 Å². The maximum absolute atomic E-state index is 13.0. The quantitative estimate of drug-likeness (QED) is 0.0261. The molecule has 0 rings (SSSR count). The van der Waals surface area contributed by atoms with Gasteiger partial charge in [0.25, 0.3) is 0 Å². The molecule has 1 atom stereocenters. The van der Waals surface area contributed by atoms with Crippen molar-refractivity contribution in [3.8, 4) is 0 Å². The Hall–Kier alpha value is -3.93. The molecule has 0 aliphatic rings. The molecule has 0 aromatic heterocycles. The lowest BCUT2D eigenvalue weighted by Crippen LogP contribution is -2.30. The van der Waals surface area contributed by atoms with Gasteiger partial charge in [-0.3, -0.25) is 14.4 Å². The first kappa shape index (κ1) is 77.1. The van der Waals surface area contributed by atoms with Crippen molar-refractivity contribution in [2.45, 2.75) is 335 Å². The third-order valence-corrected chi connectivity index (χ3v) is 14.8. The van der Waals surface area contributed by atoms with E-state index in [1.807, 2.05) is 0 Å². The number of carbonyl (C=O) groups is 3. The highest BCUT2D eigenvalue weighted by Gasteiger charge is 2.19. The van der Waals surface area contributed by atoms with E-state index in [0.29, 0.717) is 19.3 Å². The summed E-state index contributed by atoms with van der Waals surface area (Å²) in [7, 11) is 0. The number of hydrogen-bond acceptors (Lipinski definition) is 6. The monoisotopic (exact) mass is 1120 g/mol. The van der Waals surface area contributed by atoms with Crippen LogP contribution in [-0.2, 0) is 28.6 Å². The van der Waals surface area contributed by atoms with Gasteiger partial charge in [-0.1, -0.05) is 316 Å². The fourth-order valence-electron chi connectivity index (χ4n) is 9.70. The molecule has 0 aliphatic carbocycles. The Labute approximate surface area is 501 Å². The van der Waals surface area contributed by atoms with Crippen molar-refractivity contribution < 1.29 is 28.6 Å². The molecule has 0 aromatic rings. The second kappa shape index (κ2) is 68.6. The highest BCUT2D eigenvalue weighted by atomic mass is 16.6. The van der Waals surface area contributed by atoms with Crippen molar-refractivity contribution in [2.24, 2.45) is 0 Å². The fraction of sp³-hybridized carbons (Fsp3) is 0.720. The molecule has 0 amide bonds. The summed E-state index contributed by atoms with van der Waals surface area (Å²) < 4.78 is 17.0. The van der Waals surface area contributed by atoms with Crippen molar-refractivity contribution in [1.82, 2.24) is 0 Å². The van der Waals surface area contributed by atoms with Gasteiger partial charge in [-0.25, -0.2) is 0 Å². The Bertz CT molecular complexity index is 1620. The van der Waals surface area contributed by atoms with Gasteiger partial charge < -0.3 is 14.2 Å². The van der Waals surface area contributed by atoms with E-state index in [2.05, 4.69) is 130 Å². The van der Waals surface area contributed by atoms with Crippen LogP contribution < -0.4 is 0 Å². The molecule has 0 heterocycles. The molecule has 81 heavy (non-hydrogen) atoms. The summed E-state index contributed by atoms with van der Waals surface area (Å²) in [6, 6.07) is 0. The fourth-order valence-corrected chi connectivity index (χ4v) is 9.70. The van der Waals surface area contributed by atoms with E-state index in [1.54, 1.807) is 0 Å². The van der Waals surface area contributed by atoms with Crippen LogP contribution in [0.25, 0.3) is 0 Å². The first-order valence-corrected chi connectivity index (χ1v) is 34.4. The highest BCUT2D eigenvalue weighted by molar-refractivity contribution is 5.71. The molecule has 0 aromatic carbocycles. The lowest BCUT2D eigenvalue weighted by molar-refractivity contribution is -0.167. The highest BCUT2D eigenvalue weighted by Crippen LogP contribution is 2.17. The Morgan fingerprint density at radius 2 is 0.481 bits per heavy atom. The Morgan fingerprint density at radius 1 is 0.259 bits per heavy atom. The minimum Gasteiger partial charge on any atom is -0.462 e. The van der Waals surface area contributed by atoms with Crippen LogP contribution in [0.3, 0.4) is 0 Å². The van der Waals surface area contributed by atoms with E-state index in [-0.39, 0.29) is 31.1 Å². The van der Waals surface area contributed by atoms with Crippen LogP contribution in [0.5, 0.6) is 0 Å². The lowest BCUT2D eigenvalue weighted by Gasteiger charge is -2.18. The molecule has 0 fully saturated rings. The van der Waals surface area contributed by atoms with Crippen molar-refractivity contribution >= 4 is 17.9 Å². The van der Waals surface area contributed by atoms with Gasteiger partial charge in [0, 0.05) is 19.3 Å². The van der Waals surface area contributed by atoms with Gasteiger partial charge in [-0.2, -0.15) is 0 Å². The van der Waals surface area contributed by atoms with Crippen LogP contribution in [0.4, 0.5) is 0 Å². The summed E-state index contributed by atoms with van der Waals surface area (Å²) in [5, 5.41) is 0. The standard InChI is InChI=1S/C75H128O6/c1-4-7-10-13-16-19-22-25-28-31-33-35-36-37-38-40-41-44-47-50-53-56-59-62-65-68-74(77)80-71-72(70-79-73(76)67-64-61-58-55-52-49-46-43-30-27-24-21-18-15-12-9-6-3)81-75(78)69-66-63-60-57-54-51-48-45-42-39-34-32-29-26-23-20-17-14-11-8-5-2/h7,9-10,12,16,18-19,21,25,27-28,30,33,35,37-38,46,49,72H,4-6,8,11,13-15,17,20,22-24,26,29,31-32,34,36,39-45,47-48,50-71H2,1-3H3/b10-7-,12-9-,19-16-,21-18-,28-25-,30-27-,35-33-,38-37-,49-46-. The van der Waals surface area contributed by atoms with Crippen LogP contribution in [0.2, 0.25) is 0 Å². The third kappa shape index (κ3) is 66.8. The van der Waals surface area contributed by atoms with Crippen molar-refractivity contribution in [3.63, 3.8) is 0 Å². The van der Waals surface area contributed by atoms with Crippen LogP contribution >= 0.6 is 0 Å². The molecule has 0 radical (unpaired) electrons. The van der Waals surface area contributed by atoms with Gasteiger partial charge in [0.1, 0.15) is 13.2 Å². The molecular formula is C75H128O6. The molecule has 0 spiro atoms. The topological polar surface area (TPSA) is 78.9 Å². The van der Waals surface area contributed by atoms with Crippen LogP contribution in [0, 0.1) is 0 Å². The zero-order valence-electron chi connectivity index (χ0n) is 53.3. The summed E-state index contributed by atoms with van der Waals surface area (Å²) in [5.74, 6) is -0.903. The van der Waals surface area contributed by atoms with Gasteiger partial charge in [-0.05, 0) is 103 Å². The third-order valence-electron chi connectivity index (χ3n) is 14.8. The predicted molar refractivity (Wildman–Crippen MR) is 353 cm³/mol. The van der Waals surface area contributed by atoms with Gasteiger partial charge in [0.2, 0.25) is 0 Å². The number of unbranched alkanes of at least 4 members (excludes halogenated alkanes) is 33. The number of rotatable bonds is 62. The Morgan fingerprint density at radius 3 is 0.753 bits per heavy atom. The molecule has 6 heteroatoms. The van der Waals surface area contributed by atoms with E-state index in [1.165, 1.54) is 154 Å². The molecule has 6 nitrogen and oxygen atoms in total. The summed E-state index contributed by atoms with van der Waals surface area (Å²) >= 11 is 0. The van der Waals surface area contributed by atoms with Crippen LogP contribution in [0.1, 0.15) is 329 Å². The smallest absolute Gasteiger partial charge is 0.306 e. The number of ether oxygens (including phenoxy) is 3. The number of esters is 3. The summed E-state index contributed by atoms with van der Waals surface area (Å²) in [6.07, 6.45) is 93.9. The van der Waals surface area contributed by atoms with Crippen molar-refractivity contribution in [3.05, 3.63) is 109 Å². The predicted octanol–water partition coefficient (Wildman–Crippen LogP) is 23.8. The average molecular weight is 1130 g/mol. The number of allylic oxidation sites excluding steroid dienone is 18. The van der Waals surface area contributed by atoms with Gasteiger partial charge in [0.05, 0.1) is 0 Å². The minimum absolute atomic E-state index is 0.0878. The zero-order chi connectivity index (χ0) is 58.5. The molecule has 0 N–H and O–H groups in total. The maximum atomic E-state index is 13.0. The number of hydrogen-bond donors (Lipinski definition) is 0. The second-order valence-electron chi connectivity index (χ2n) is 22.7. The van der Waals surface area contributed by atoms with E-state index in [4.69, 9.17) is 14.2 Å². The first-order chi connectivity index (χ1) is 40.0. The van der Waals surface area contributed by atoms with Gasteiger partial charge in [-0.15, -0.1) is 0 Å². The molecular weight excluding hydrogens is 997 g/mol. The van der Waals surface area contributed by atoms with Crippen LogP contribution in [-0.4, -0.2) is 37.2 Å². The van der Waals surface area contributed by atoms with Gasteiger partial charge in [0.15, 0.2) is 6.10 Å². The number of carbonyl (C=O) groups excluding carboxylic acids is 3. The van der Waals surface area contributed by atoms with E-state index in [0.717, 1.165) is 135 Å². The molecule has 464 valence electrons. The van der Waals surface area contributed by atoms with E-state index in [9.17, 15) is 14.4 Å². The van der Waals surface area contributed by atoms with Crippen molar-refractivity contribution in [1.29, 1.82) is 0 Å². The molecule has 0 bridgehead atoms. The summed E-state index contributed by atoms with van der Waals surface area (Å²) in [5.41, 5.74) is 0. The summed E-state index contributed by atoms with van der Waals surface area (Å²) in [6.45, 7) is 6.43. The summed E-state index contributed by atoms with van der Waals surface area (Å²) in [4.78, 5) is 38.5. The van der Waals surface area contributed by atoms with Crippen LogP contribution in [0.15, 0.2) is 109 Å². The average Bonchev–Trinajstić information content (AvgIpc) is 3.47. The largest absolute Gasteiger partial charge is 0.462 e. The van der Waals surface area contributed by atoms with Gasteiger partial charge >= 0.3 is 17.9 Å². The molecule has 0 aliphatic heterocycles. The molecule has 0 saturated heterocycles. The maximum Gasteiger partial charge on any atom is 0.306 e. The Balaban J connectivity index is 4.39.